The summed E-state index contributed by atoms with van der Waals surface area (Å²) in [4.78, 5) is 4.77. The summed E-state index contributed by atoms with van der Waals surface area (Å²) >= 11 is 0. The highest BCUT2D eigenvalue weighted by atomic mass is 16.7. The van der Waals surface area contributed by atoms with E-state index < -0.39 is 18.3 Å². The smallest absolute Gasteiger partial charge is 0.399 e. The fraction of sp³-hybridized carbons (Fsp3) is 0.552. The number of nitrogens with zero attached hydrogens (tertiary/aromatic N) is 2. The first-order valence-electron chi connectivity index (χ1n) is 12.9. The van der Waals surface area contributed by atoms with Crippen molar-refractivity contribution in [3.63, 3.8) is 0 Å². The van der Waals surface area contributed by atoms with E-state index in [0.717, 1.165) is 24.1 Å². The number of aromatic nitrogens is 2. The van der Waals surface area contributed by atoms with E-state index in [2.05, 4.69) is 91.1 Å². The third-order valence-electron chi connectivity index (χ3n) is 7.76. The second-order valence-electron chi connectivity index (χ2n) is 12.0. The lowest BCUT2D eigenvalue weighted by Crippen LogP contribution is -2.41. The minimum absolute atomic E-state index is 0.117. The van der Waals surface area contributed by atoms with Crippen LogP contribution in [0.4, 0.5) is 0 Å². The summed E-state index contributed by atoms with van der Waals surface area (Å²) in [6.07, 6.45) is 2.63. The van der Waals surface area contributed by atoms with Crippen molar-refractivity contribution >= 4 is 23.5 Å². The summed E-state index contributed by atoms with van der Waals surface area (Å²) in [7, 11) is -0.416. The molecule has 0 unspecified atom stereocenters. The summed E-state index contributed by atoms with van der Waals surface area (Å²) in [5.74, 6) is 0.300. The van der Waals surface area contributed by atoms with Gasteiger partial charge in [-0.3, -0.25) is 4.98 Å². The quantitative estimate of drug-likeness (QED) is 0.444. The maximum absolute atomic E-state index is 10.2. The highest BCUT2D eigenvalue weighted by molar-refractivity contribution is 6.62. The Balaban J connectivity index is 1.98. The van der Waals surface area contributed by atoms with Gasteiger partial charge in [0.25, 0.3) is 0 Å². The van der Waals surface area contributed by atoms with Crippen LogP contribution in [0.15, 0.2) is 36.5 Å². The van der Waals surface area contributed by atoms with E-state index in [4.69, 9.17) is 14.3 Å². The molecule has 1 saturated heterocycles. The first-order chi connectivity index (χ1) is 16.3. The van der Waals surface area contributed by atoms with Gasteiger partial charge in [-0.05, 0) is 81.6 Å². The number of aliphatic hydroxyl groups excluding tert-OH is 1. The molecule has 1 aromatic carbocycles. The van der Waals surface area contributed by atoms with Crippen LogP contribution in [0.1, 0.15) is 79.5 Å². The Morgan fingerprint density at radius 1 is 1.09 bits per heavy atom. The van der Waals surface area contributed by atoms with Gasteiger partial charge in [0, 0.05) is 35.8 Å². The zero-order valence-electron chi connectivity index (χ0n) is 22.9. The molecule has 0 aliphatic carbocycles. The van der Waals surface area contributed by atoms with Crippen LogP contribution in [0.2, 0.25) is 0 Å². The number of rotatable bonds is 7. The van der Waals surface area contributed by atoms with Crippen LogP contribution >= 0.6 is 0 Å². The van der Waals surface area contributed by atoms with Crippen LogP contribution in [0.3, 0.4) is 0 Å². The van der Waals surface area contributed by atoms with E-state index in [1.54, 1.807) is 0 Å². The van der Waals surface area contributed by atoms with Crippen LogP contribution in [0, 0.1) is 5.41 Å². The van der Waals surface area contributed by atoms with E-state index in [1.165, 1.54) is 27.7 Å². The molecule has 5 nitrogen and oxygen atoms in total. The number of fused-ring (bicyclic) bond motifs is 1. The monoisotopic (exact) mass is 476 g/mol. The molecule has 0 bridgehead atoms. The fourth-order valence-electron chi connectivity index (χ4n) is 5.00. The minimum Gasteiger partial charge on any atom is -0.399 e. The molecule has 6 heteroatoms. The molecular weight excluding hydrogens is 435 g/mol. The second-order valence-corrected chi connectivity index (χ2v) is 12.0. The molecule has 188 valence electrons. The molecule has 35 heavy (non-hydrogen) atoms. The lowest BCUT2D eigenvalue weighted by atomic mass is 9.77. The highest BCUT2D eigenvalue weighted by Gasteiger charge is 2.51. The van der Waals surface area contributed by atoms with Gasteiger partial charge in [-0.15, -0.1) is 0 Å². The fourth-order valence-corrected chi connectivity index (χ4v) is 5.00. The van der Waals surface area contributed by atoms with Gasteiger partial charge in [-0.1, -0.05) is 39.8 Å². The van der Waals surface area contributed by atoms with Gasteiger partial charge >= 0.3 is 7.12 Å². The van der Waals surface area contributed by atoms with Crippen molar-refractivity contribution in [1.82, 2.24) is 9.55 Å². The minimum atomic E-state index is -0.416. The van der Waals surface area contributed by atoms with E-state index >= 15 is 0 Å². The third-order valence-corrected chi connectivity index (χ3v) is 7.76. The Morgan fingerprint density at radius 3 is 2.31 bits per heavy atom. The average molecular weight is 476 g/mol. The van der Waals surface area contributed by atoms with Crippen LogP contribution in [-0.2, 0) is 22.3 Å². The van der Waals surface area contributed by atoms with Gasteiger partial charge < -0.3 is 19.0 Å². The number of hydrogen-bond donors (Lipinski definition) is 1. The summed E-state index contributed by atoms with van der Waals surface area (Å²) in [6, 6.07) is 10.8. The molecule has 0 saturated carbocycles. The highest BCUT2D eigenvalue weighted by Crippen LogP contribution is 2.41. The van der Waals surface area contributed by atoms with E-state index in [-0.39, 0.29) is 12.0 Å². The van der Waals surface area contributed by atoms with Crippen molar-refractivity contribution in [2.45, 2.75) is 92.4 Å². The number of aliphatic hydroxyl groups is 1. The molecular formula is C29H41BN2O3. The first-order valence-corrected chi connectivity index (χ1v) is 12.9. The van der Waals surface area contributed by atoms with E-state index in [9.17, 15) is 5.11 Å². The Labute approximate surface area is 211 Å². The standard InChI is InChI=1S/C29H41BN2O3/c1-10-32-24-14-13-20(30-34-28(6,7)29(8,9)35-30)16-22(24)23(17-27(4,5)18-33)26(32)21-12-11-15-31-25(21)19(2)3/h11-16,19,33H,10,17-18H2,1-9H3. The maximum atomic E-state index is 10.2. The van der Waals surface area contributed by atoms with Gasteiger partial charge in [0.05, 0.1) is 22.6 Å². The summed E-state index contributed by atoms with van der Waals surface area (Å²) in [6.45, 7) is 20.1. The molecule has 1 N–H and O–H groups in total. The lowest BCUT2D eigenvalue weighted by molar-refractivity contribution is 0.00578. The van der Waals surface area contributed by atoms with Gasteiger partial charge in [0.15, 0.2) is 0 Å². The summed E-state index contributed by atoms with van der Waals surface area (Å²) < 4.78 is 15.2. The van der Waals surface area contributed by atoms with Crippen molar-refractivity contribution in [3.8, 4) is 11.3 Å². The van der Waals surface area contributed by atoms with Gasteiger partial charge in [0.2, 0.25) is 0 Å². The molecule has 0 amide bonds. The topological polar surface area (TPSA) is 56.5 Å². The first kappa shape index (κ1) is 25.9. The molecule has 4 rings (SSSR count). The Hall–Kier alpha value is -2.15. The summed E-state index contributed by atoms with van der Waals surface area (Å²) in [5, 5.41) is 11.4. The normalized spacial score (nSPS) is 17.6. The molecule has 1 fully saturated rings. The SMILES string of the molecule is CCn1c(-c2cccnc2C(C)C)c(CC(C)(C)CO)c2cc(B3OC(C)(C)C(C)(C)O3)ccc21. The lowest BCUT2D eigenvalue weighted by Gasteiger charge is -2.32. The van der Waals surface area contributed by atoms with Crippen LogP contribution < -0.4 is 5.46 Å². The van der Waals surface area contributed by atoms with Crippen molar-refractivity contribution in [3.05, 3.63) is 47.8 Å². The van der Waals surface area contributed by atoms with Crippen molar-refractivity contribution in [2.75, 3.05) is 6.61 Å². The molecule has 0 spiro atoms. The summed E-state index contributed by atoms with van der Waals surface area (Å²) in [5.41, 5.74) is 5.87. The molecule has 1 aliphatic rings. The van der Waals surface area contributed by atoms with Crippen molar-refractivity contribution < 1.29 is 14.4 Å². The average Bonchev–Trinajstić information content (AvgIpc) is 3.21. The van der Waals surface area contributed by atoms with Gasteiger partial charge in [-0.25, -0.2) is 0 Å². The van der Waals surface area contributed by atoms with Gasteiger partial charge in [-0.2, -0.15) is 0 Å². The molecule has 1 aliphatic heterocycles. The zero-order chi connectivity index (χ0) is 25.8. The zero-order valence-corrected chi connectivity index (χ0v) is 22.9. The number of aryl methyl sites for hydroxylation is 1. The Morgan fingerprint density at radius 2 is 1.74 bits per heavy atom. The predicted octanol–water partition coefficient (Wildman–Crippen LogP) is 5.71. The molecule has 3 heterocycles. The van der Waals surface area contributed by atoms with E-state index in [0.29, 0.717) is 5.92 Å². The Kier molecular flexibility index (Phi) is 6.71. The number of hydrogen-bond acceptors (Lipinski definition) is 4. The van der Waals surface area contributed by atoms with Crippen LogP contribution in [0.25, 0.3) is 22.2 Å². The van der Waals surface area contributed by atoms with Crippen molar-refractivity contribution in [2.24, 2.45) is 5.41 Å². The Bertz CT molecular complexity index is 1210. The molecule has 3 aromatic rings. The van der Waals surface area contributed by atoms with Gasteiger partial charge in [0.1, 0.15) is 0 Å². The molecule has 0 atom stereocenters. The van der Waals surface area contributed by atoms with E-state index in [1.807, 2.05) is 12.3 Å². The largest absolute Gasteiger partial charge is 0.494 e. The number of pyridine rings is 1. The second kappa shape index (κ2) is 9.06. The van der Waals surface area contributed by atoms with Crippen LogP contribution in [0.5, 0.6) is 0 Å². The number of benzene rings is 1. The maximum Gasteiger partial charge on any atom is 0.494 e. The third kappa shape index (κ3) is 4.57. The molecule has 0 radical (unpaired) electrons. The van der Waals surface area contributed by atoms with Crippen molar-refractivity contribution in [1.29, 1.82) is 0 Å². The molecule has 2 aromatic heterocycles. The van der Waals surface area contributed by atoms with Crippen LogP contribution in [-0.4, -0.2) is 39.6 Å². The predicted molar refractivity (Wildman–Crippen MR) is 145 cm³/mol.